The maximum absolute atomic E-state index is 13.4. The molecule has 4 rings (SSSR count). The fraction of sp³-hybridized carbons (Fsp3) is 0.238. The molecule has 0 bridgehead atoms. The van der Waals surface area contributed by atoms with E-state index in [1.54, 1.807) is 6.07 Å². The number of aromatic nitrogens is 2. The molecular formula is C21H17F4N3O. The molecule has 0 atom stereocenters. The van der Waals surface area contributed by atoms with Crippen LogP contribution in [0.3, 0.4) is 0 Å². The Morgan fingerprint density at radius 3 is 2.55 bits per heavy atom. The summed E-state index contributed by atoms with van der Waals surface area (Å²) in [5, 5.41) is 0. The minimum atomic E-state index is -4.42. The minimum Gasteiger partial charge on any atom is -0.306 e. The monoisotopic (exact) mass is 403 g/mol. The summed E-state index contributed by atoms with van der Waals surface area (Å²) in [6.45, 7) is 1.53. The second kappa shape index (κ2) is 7.44. The van der Waals surface area contributed by atoms with Crippen LogP contribution in [0.15, 0.2) is 53.3 Å². The Morgan fingerprint density at radius 1 is 1.10 bits per heavy atom. The Labute approximate surface area is 163 Å². The fourth-order valence-corrected chi connectivity index (χ4v) is 3.46. The van der Waals surface area contributed by atoms with Crippen LogP contribution in [0, 0.1) is 5.82 Å². The highest BCUT2D eigenvalue weighted by atomic mass is 19.4. The highest BCUT2D eigenvalue weighted by Gasteiger charge is 2.30. The molecule has 0 saturated heterocycles. The Hall–Kier alpha value is -3.00. The second-order valence-corrected chi connectivity index (χ2v) is 7.01. The lowest BCUT2D eigenvalue weighted by atomic mass is 10.0. The van der Waals surface area contributed by atoms with Crippen molar-refractivity contribution in [1.82, 2.24) is 14.9 Å². The zero-order valence-electron chi connectivity index (χ0n) is 15.3. The third-order valence-corrected chi connectivity index (χ3v) is 4.93. The molecule has 3 aromatic rings. The van der Waals surface area contributed by atoms with Crippen molar-refractivity contribution >= 4 is 0 Å². The number of hydrogen-bond acceptors (Lipinski definition) is 3. The van der Waals surface area contributed by atoms with E-state index in [1.807, 2.05) is 11.0 Å². The molecule has 0 spiro atoms. The van der Waals surface area contributed by atoms with Crippen molar-refractivity contribution < 1.29 is 17.6 Å². The highest BCUT2D eigenvalue weighted by Crippen LogP contribution is 2.30. The maximum atomic E-state index is 13.4. The Bertz CT molecular complexity index is 1090. The van der Waals surface area contributed by atoms with E-state index in [0.29, 0.717) is 42.9 Å². The van der Waals surface area contributed by atoms with Gasteiger partial charge in [-0.3, -0.25) is 9.69 Å². The third-order valence-electron chi connectivity index (χ3n) is 4.93. The summed E-state index contributed by atoms with van der Waals surface area (Å²) in [7, 11) is 0. The Morgan fingerprint density at radius 2 is 1.86 bits per heavy atom. The van der Waals surface area contributed by atoms with Gasteiger partial charge in [-0.2, -0.15) is 13.2 Å². The van der Waals surface area contributed by atoms with Gasteiger partial charge < -0.3 is 4.98 Å². The summed E-state index contributed by atoms with van der Waals surface area (Å²) in [6, 6.07) is 10.9. The Balaban J connectivity index is 1.56. The van der Waals surface area contributed by atoms with E-state index in [-0.39, 0.29) is 17.2 Å². The number of hydrogen-bond donors (Lipinski definition) is 1. The van der Waals surface area contributed by atoms with Crippen molar-refractivity contribution in [2.24, 2.45) is 0 Å². The zero-order chi connectivity index (χ0) is 20.6. The first kappa shape index (κ1) is 19.3. The largest absolute Gasteiger partial charge is 0.416 e. The molecule has 8 heteroatoms. The summed E-state index contributed by atoms with van der Waals surface area (Å²) < 4.78 is 51.6. The van der Waals surface area contributed by atoms with Crippen molar-refractivity contribution in [2.45, 2.75) is 25.7 Å². The predicted octanol–water partition coefficient (Wildman–Crippen LogP) is 4.15. The molecule has 1 aromatic heterocycles. The first-order valence-corrected chi connectivity index (χ1v) is 9.06. The molecule has 150 valence electrons. The lowest BCUT2D eigenvalue weighted by Crippen LogP contribution is -2.35. The molecule has 2 heterocycles. The van der Waals surface area contributed by atoms with Gasteiger partial charge in [0.05, 0.1) is 16.8 Å². The summed E-state index contributed by atoms with van der Waals surface area (Å²) in [4.78, 5) is 21.7. The molecule has 2 aromatic carbocycles. The predicted molar refractivity (Wildman–Crippen MR) is 99.5 cm³/mol. The van der Waals surface area contributed by atoms with E-state index in [4.69, 9.17) is 0 Å². The summed E-state index contributed by atoms with van der Waals surface area (Å²) >= 11 is 0. The molecule has 0 saturated carbocycles. The third kappa shape index (κ3) is 4.22. The van der Waals surface area contributed by atoms with Crippen LogP contribution in [0.2, 0.25) is 0 Å². The topological polar surface area (TPSA) is 49.0 Å². The van der Waals surface area contributed by atoms with Gasteiger partial charge in [-0.05, 0) is 29.8 Å². The van der Waals surface area contributed by atoms with E-state index in [1.165, 1.54) is 24.3 Å². The number of nitrogens with one attached hydrogen (secondary N) is 1. The zero-order valence-corrected chi connectivity index (χ0v) is 15.3. The van der Waals surface area contributed by atoms with E-state index >= 15 is 0 Å². The number of H-pyrrole nitrogens is 1. The minimum absolute atomic E-state index is 0.251. The number of alkyl halides is 3. The van der Waals surface area contributed by atoms with Gasteiger partial charge in [-0.1, -0.05) is 24.3 Å². The van der Waals surface area contributed by atoms with Crippen LogP contribution in [0.4, 0.5) is 17.6 Å². The van der Waals surface area contributed by atoms with Crippen LogP contribution in [0.25, 0.3) is 11.4 Å². The average molecular weight is 403 g/mol. The van der Waals surface area contributed by atoms with Gasteiger partial charge in [0.1, 0.15) is 11.6 Å². The molecule has 0 aliphatic carbocycles. The molecular weight excluding hydrogens is 386 g/mol. The van der Waals surface area contributed by atoms with Crippen molar-refractivity contribution in [3.63, 3.8) is 0 Å². The molecule has 1 aliphatic heterocycles. The summed E-state index contributed by atoms with van der Waals surface area (Å²) in [5.41, 5.74) is 1.34. The van der Waals surface area contributed by atoms with Crippen molar-refractivity contribution in [3.05, 3.63) is 87.1 Å². The van der Waals surface area contributed by atoms with Gasteiger partial charge in [0.2, 0.25) is 0 Å². The number of nitrogens with zero attached hydrogens (tertiary/aromatic N) is 2. The number of fused-ring (bicyclic) bond motifs is 1. The van der Waals surface area contributed by atoms with Gasteiger partial charge in [0.15, 0.2) is 0 Å². The van der Waals surface area contributed by atoms with Crippen LogP contribution in [0.1, 0.15) is 22.4 Å². The van der Waals surface area contributed by atoms with Gasteiger partial charge in [0.25, 0.3) is 5.56 Å². The quantitative estimate of drug-likeness (QED) is 0.669. The molecule has 0 amide bonds. The molecule has 29 heavy (non-hydrogen) atoms. The standard InChI is InChI=1S/C21H17F4N3O/c22-16-3-1-2-13(10-16)11-28-9-8-18-17(12-28)20(29)27-19(26-18)14-4-6-15(7-5-14)21(23,24)25/h1-7,10H,8-9,11-12H2,(H,26,27,29). The number of aromatic amines is 1. The molecule has 1 aliphatic rings. The molecule has 0 radical (unpaired) electrons. The average Bonchev–Trinajstić information content (AvgIpc) is 2.68. The highest BCUT2D eigenvalue weighted by molar-refractivity contribution is 5.56. The van der Waals surface area contributed by atoms with Gasteiger partial charge in [-0.15, -0.1) is 0 Å². The van der Waals surface area contributed by atoms with E-state index in [0.717, 1.165) is 17.7 Å². The van der Waals surface area contributed by atoms with E-state index < -0.39 is 11.7 Å². The first-order valence-electron chi connectivity index (χ1n) is 9.06. The molecule has 0 unspecified atom stereocenters. The van der Waals surface area contributed by atoms with Gasteiger partial charge >= 0.3 is 6.18 Å². The summed E-state index contributed by atoms with van der Waals surface area (Å²) in [5.74, 6) is -0.0540. The van der Waals surface area contributed by atoms with Crippen LogP contribution in [0.5, 0.6) is 0 Å². The van der Waals surface area contributed by atoms with E-state index in [2.05, 4.69) is 9.97 Å². The summed E-state index contributed by atoms with van der Waals surface area (Å²) in [6.07, 6.45) is -3.89. The number of benzene rings is 2. The fourth-order valence-electron chi connectivity index (χ4n) is 3.46. The second-order valence-electron chi connectivity index (χ2n) is 7.01. The first-order chi connectivity index (χ1) is 13.8. The van der Waals surface area contributed by atoms with Crippen LogP contribution < -0.4 is 5.56 Å². The van der Waals surface area contributed by atoms with Crippen molar-refractivity contribution in [3.8, 4) is 11.4 Å². The van der Waals surface area contributed by atoms with Gasteiger partial charge in [-0.25, -0.2) is 9.37 Å². The van der Waals surface area contributed by atoms with Crippen molar-refractivity contribution in [1.29, 1.82) is 0 Å². The maximum Gasteiger partial charge on any atom is 0.416 e. The van der Waals surface area contributed by atoms with Crippen molar-refractivity contribution in [2.75, 3.05) is 6.54 Å². The lowest BCUT2D eigenvalue weighted by Gasteiger charge is -2.27. The molecule has 0 fully saturated rings. The van der Waals surface area contributed by atoms with Crippen LogP contribution >= 0.6 is 0 Å². The smallest absolute Gasteiger partial charge is 0.306 e. The number of rotatable bonds is 3. The molecule has 1 N–H and O–H groups in total. The SMILES string of the molecule is O=c1[nH]c(-c2ccc(C(F)(F)F)cc2)nc2c1CN(Cc1cccc(F)c1)CC2. The van der Waals surface area contributed by atoms with Crippen LogP contribution in [-0.4, -0.2) is 21.4 Å². The van der Waals surface area contributed by atoms with E-state index in [9.17, 15) is 22.4 Å². The Kier molecular flexibility index (Phi) is 4.96. The lowest BCUT2D eigenvalue weighted by molar-refractivity contribution is -0.137. The van der Waals surface area contributed by atoms with Crippen LogP contribution in [-0.2, 0) is 25.7 Å². The van der Waals surface area contributed by atoms with Gasteiger partial charge in [0, 0.05) is 31.6 Å². The number of halogens is 4. The molecule has 4 nitrogen and oxygen atoms in total. The normalized spacial score (nSPS) is 14.6.